The Morgan fingerprint density at radius 1 is 1.04 bits per heavy atom. The molecule has 1 aliphatic carbocycles. The van der Waals surface area contributed by atoms with Gasteiger partial charge in [-0.1, -0.05) is 19.8 Å². The molecular formula is C19H26N2O3S. The lowest BCUT2D eigenvalue weighted by atomic mass is 9.87. The molecule has 2 heterocycles. The highest BCUT2D eigenvalue weighted by atomic mass is 32.2. The van der Waals surface area contributed by atoms with Gasteiger partial charge in [0.15, 0.2) is 0 Å². The predicted octanol–water partition coefficient (Wildman–Crippen LogP) is 2.77. The third-order valence-electron chi connectivity index (χ3n) is 5.98. The number of carbonyl (C=O) groups excluding carboxylic acids is 1. The molecule has 0 aromatic heterocycles. The van der Waals surface area contributed by atoms with E-state index in [9.17, 15) is 13.2 Å². The van der Waals surface area contributed by atoms with Gasteiger partial charge >= 0.3 is 0 Å². The number of hydrogen-bond acceptors (Lipinski definition) is 3. The van der Waals surface area contributed by atoms with Gasteiger partial charge in [-0.3, -0.25) is 4.79 Å². The van der Waals surface area contributed by atoms with E-state index < -0.39 is 10.0 Å². The van der Waals surface area contributed by atoms with Crippen molar-refractivity contribution in [3.8, 4) is 0 Å². The molecule has 1 N–H and O–H groups in total. The van der Waals surface area contributed by atoms with E-state index in [0.29, 0.717) is 23.7 Å². The van der Waals surface area contributed by atoms with Crippen molar-refractivity contribution in [3.63, 3.8) is 0 Å². The zero-order chi connectivity index (χ0) is 17.6. The zero-order valence-corrected chi connectivity index (χ0v) is 15.6. The molecule has 3 aliphatic rings. The number of nitrogens with one attached hydrogen (secondary N) is 1. The fraction of sp³-hybridized carbons (Fsp3) is 0.632. The second-order valence-corrected chi connectivity index (χ2v) is 9.44. The highest BCUT2D eigenvalue weighted by Gasteiger charge is 2.32. The van der Waals surface area contributed by atoms with E-state index in [2.05, 4.69) is 11.6 Å². The van der Waals surface area contributed by atoms with Crippen LogP contribution in [0.3, 0.4) is 0 Å². The minimum atomic E-state index is -3.52. The summed E-state index contributed by atoms with van der Waals surface area (Å²) < 4.78 is 28.9. The number of sulfonamides is 1. The number of aryl methyl sites for hydroxylation is 2. The number of carbonyl (C=O) groups is 1. The van der Waals surface area contributed by atoms with Crippen LogP contribution in [-0.4, -0.2) is 26.9 Å². The summed E-state index contributed by atoms with van der Waals surface area (Å²) in [6, 6.07) is 3.61. The van der Waals surface area contributed by atoms with Gasteiger partial charge in [0.2, 0.25) is 15.9 Å². The lowest BCUT2D eigenvalue weighted by molar-refractivity contribution is -0.119. The molecule has 0 spiro atoms. The van der Waals surface area contributed by atoms with Crippen LogP contribution in [0.25, 0.3) is 0 Å². The number of hydrogen-bond donors (Lipinski definition) is 1. The number of benzene rings is 1. The lowest BCUT2D eigenvalue weighted by Crippen LogP contribution is -2.42. The van der Waals surface area contributed by atoms with Crippen LogP contribution in [0.4, 0.5) is 5.69 Å². The fourth-order valence-corrected chi connectivity index (χ4v) is 6.01. The Kier molecular flexibility index (Phi) is 4.36. The SMILES string of the molecule is C[C@H]1CCCC[C@H]1NS(=O)(=O)c1cc2c3c(c1)CCC(=O)N3CCC2. The topological polar surface area (TPSA) is 66.5 Å². The summed E-state index contributed by atoms with van der Waals surface area (Å²) in [7, 11) is -3.52. The molecule has 2 atom stereocenters. The second-order valence-electron chi connectivity index (χ2n) is 7.73. The molecular weight excluding hydrogens is 336 g/mol. The van der Waals surface area contributed by atoms with Gasteiger partial charge in [-0.05, 0) is 61.3 Å². The quantitative estimate of drug-likeness (QED) is 0.899. The Labute approximate surface area is 149 Å². The second kappa shape index (κ2) is 6.40. The van der Waals surface area contributed by atoms with Crippen LogP contribution >= 0.6 is 0 Å². The average Bonchev–Trinajstić information content (AvgIpc) is 2.60. The normalized spacial score (nSPS) is 26.4. The molecule has 0 bridgehead atoms. The first-order chi connectivity index (χ1) is 12.0. The lowest BCUT2D eigenvalue weighted by Gasteiger charge is -2.35. The van der Waals surface area contributed by atoms with Gasteiger partial charge in [-0.25, -0.2) is 13.1 Å². The van der Waals surface area contributed by atoms with E-state index in [-0.39, 0.29) is 11.9 Å². The highest BCUT2D eigenvalue weighted by molar-refractivity contribution is 7.89. The Morgan fingerprint density at radius 3 is 2.52 bits per heavy atom. The van der Waals surface area contributed by atoms with Crippen LogP contribution in [0.5, 0.6) is 0 Å². The van der Waals surface area contributed by atoms with Crippen LogP contribution in [-0.2, 0) is 27.7 Å². The largest absolute Gasteiger partial charge is 0.312 e. The molecule has 136 valence electrons. The number of rotatable bonds is 3. The molecule has 1 amide bonds. The molecule has 5 nitrogen and oxygen atoms in total. The maximum atomic E-state index is 13.0. The van der Waals surface area contributed by atoms with Gasteiger partial charge in [-0.15, -0.1) is 0 Å². The number of amides is 1. The molecule has 2 aliphatic heterocycles. The van der Waals surface area contributed by atoms with Crippen LogP contribution in [0.15, 0.2) is 17.0 Å². The minimum absolute atomic E-state index is 0.0317. The highest BCUT2D eigenvalue weighted by Crippen LogP contribution is 2.37. The molecule has 1 fully saturated rings. The molecule has 0 saturated heterocycles. The van der Waals surface area contributed by atoms with E-state index in [0.717, 1.165) is 55.5 Å². The smallest absolute Gasteiger partial charge is 0.240 e. The fourth-order valence-electron chi connectivity index (χ4n) is 4.54. The summed E-state index contributed by atoms with van der Waals surface area (Å²) in [4.78, 5) is 14.4. The zero-order valence-electron chi connectivity index (χ0n) is 14.8. The van der Waals surface area contributed by atoms with Crippen LogP contribution in [0.2, 0.25) is 0 Å². The molecule has 4 rings (SSSR count). The van der Waals surface area contributed by atoms with E-state index >= 15 is 0 Å². The summed E-state index contributed by atoms with van der Waals surface area (Å²) in [5.74, 6) is 0.547. The summed E-state index contributed by atoms with van der Waals surface area (Å²) in [6.07, 6.45) is 7.13. The Bertz CT molecular complexity index is 786. The van der Waals surface area contributed by atoms with Crippen molar-refractivity contribution in [1.29, 1.82) is 0 Å². The first-order valence-electron chi connectivity index (χ1n) is 9.44. The van der Waals surface area contributed by atoms with Crippen molar-refractivity contribution in [1.82, 2.24) is 4.72 Å². The maximum Gasteiger partial charge on any atom is 0.240 e. The van der Waals surface area contributed by atoms with Crippen LogP contribution in [0, 0.1) is 5.92 Å². The maximum absolute atomic E-state index is 13.0. The van der Waals surface area contributed by atoms with Gasteiger partial charge < -0.3 is 4.90 Å². The number of nitrogens with zero attached hydrogens (tertiary/aromatic N) is 1. The summed E-state index contributed by atoms with van der Waals surface area (Å²) >= 11 is 0. The first kappa shape index (κ1) is 17.0. The third kappa shape index (κ3) is 3.10. The third-order valence-corrected chi connectivity index (χ3v) is 7.45. The standard InChI is InChI=1S/C19H26N2O3S/c1-13-5-2-3-7-17(13)20-25(23,24)16-11-14-6-4-10-21-18(22)9-8-15(12-16)19(14)21/h11-13,17,20H,2-10H2,1H3/t13-,17+/m0/s1. The van der Waals surface area contributed by atoms with Crippen LogP contribution < -0.4 is 9.62 Å². The van der Waals surface area contributed by atoms with Gasteiger partial charge in [0, 0.05) is 19.0 Å². The van der Waals surface area contributed by atoms with Crippen molar-refractivity contribution >= 4 is 21.6 Å². The van der Waals surface area contributed by atoms with Gasteiger partial charge in [0.25, 0.3) is 0 Å². The minimum Gasteiger partial charge on any atom is -0.312 e. The molecule has 0 radical (unpaired) electrons. The van der Waals surface area contributed by atoms with Gasteiger partial charge in [-0.2, -0.15) is 0 Å². The Balaban J connectivity index is 1.68. The summed E-state index contributed by atoms with van der Waals surface area (Å²) in [6.45, 7) is 2.88. The van der Waals surface area contributed by atoms with E-state index in [1.165, 1.54) is 6.42 Å². The Morgan fingerprint density at radius 2 is 1.76 bits per heavy atom. The van der Waals surface area contributed by atoms with Crippen molar-refractivity contribution in [2.24, 2.45) is 5.92 Å². The summed E-state index contributed by atoms with van der Waals surface area (Å²) in [5.41, 5.74) is 3.00. The molecule has 1 aromatic carbocycles. The first-order valence-corrected chi connectivity index (χ1v) is 10.9. The molecule has 0 unspecified atom stereocenters. The van der Waals surface area contributed by atoms with Crippen molar-refractivity contribution in [2.45, 2.75) is 69.2 Å². The molecule has 6 heteroatoms. The summed E-state index contributed by atoms with van der Waals surface area (Å²) in [5, 5.41) is 0. The van der Waals surface area contributed by atoms with E-state index in [1.54, 1.807) is 12.1 Å². The van der Waals surface area contributed by atoms with Crippen molar-refractivity contribution < 1.29 is 13.2 Å². The molecule has 1 saturated carbocycles. The van der Waals surface area contributed by atoms with Gasteiger partial charge in [0.1, 0.15) is 0 Å². The van der Waals surface area contributed by atoms with Crippen molar-refractivity contribution in [2.75, 3.05) is 11.4 Å². The predicted molar refractivity (Wildman–Crippen MR) is 97.2 cm³/mol. The van der Waals surface area contributed by atoms with E-state index in [1.807, 2.05) is 4.90 Å². The monoisotopic (exact) mass is 362 g/mol. The van der Waals surface area contributed by atoms with Gasteiger partial charge in [0.05, 0.1) is 10.6 Å². The van der Waals surface area contributed by atoms with E-state index in [4.69, 9.17) is 0 Å². The number of anilines is 1. The Hall–Kier alpha value is -1.40. The molecule has 25 heavy (non-hydrogen) atoms. The average molecular weight is 362 g/mol. The van der Waals surface area contributed by atoms with Crippen molar-refractivity contribution in [3.05, 3.63) is 23.3 Å². The molecule has 1 aromatic rings. The van der Waals surface area contributed by atoms with Crippen LogP contribution in [0.1, 0.15) is 56.6 Å².